The molecule has 4 nitrogen and oxygen atoms in total. The molecule has 5 heteroatoms. The Balaban J connectivity index is 2.11. The summed E-state index contributed by atoms with van der Waals surface area (Å²) in [7, 11) is 0. The van der Waals surface area contributed by atoms with Crippen LogP contribution >= 0.6 is 0 Å². The largest absolute Gasteiger partial charge is 0.488 e. The molecule has 0 amide bonds. The molecule has 1 unspecified atom stereocenters. The van der Waals surface area contributed by atoms with Gasteiger partial charge in [-0.3, -0.25) is 0 Å². The standard InChI is InChI=1S/C16H21FN2O2/c1-10(2)21-16-9-15(14(18)8-13(16)17)19-11(3)7-12-5-4-6-20-12/h4-6,8-11,19H,7,18H2,1-3H3. The molecular weight excluding hydrogens is 271 g/mol. The summed E-state index contributed by atoms with van der Waals surface area (Å²) in [6, 6.07) is 6.74. The summed E-state index contributed by atoms with van der Waals surface area (Å²) >= 11 is 0. The Kier molecular flexibility index (Phi) is 4.73. The van der Waals surface area contributed by atoms with Crippen molar-refractivity contribution in [2.75, 3.05) is 11.1 Å². The highest BCUT2D eigenvalue weighted by atomic mass is 19.1. The summed E-state index contributed by atoms with van der Waals surface area (Å²) in [5.74, 6) is 0.631. The number of halogens is 1. The molecule has 3 N–H and O–H groups in total. The average Bonchev–Trinajstić information content (AvgIpc) is 2.87. The van der Waals surface area contributed by atoms with Crippen LogP contribution < -0.4 is 15.8 Å². The van der Waals surface area contributed by atoms with Crippen LogP contribution in [0.5, 0.6) is 5.75 Å². The summed E-state index contributed by atoms with van der Waals surface area (Å²) in [6.07, 6.45) is 2.25. The molecular formula is C16H21FN2O2. The number of nitrogens with two attached hydrogens (primary N) is 1. The molecule has 0 fully saturated rings. The highest BCUT2D eigenvalue weighted by Crippen LogP contribution is 2.29. The SMILES string of the molecule is CC(Cc1ccco1)Nc1cc(OC(C)C)c(F)cc1N. The van der Waals surface area contributed by atoms with E-state index in [2.05, 4.69) is 5.32 Å². The van der Waals surface area contributed by atoms with Crippen molar-refractivity contribution in [2.45, 2.75) is 39.3 Å². The Labute approximate surface area is 124 Å². The van der Waals surface area contributed by atoms with Crippen molar-refractivity contribution < 1.29 is 13.5 Å². The molecule has 1 heterocycles. The van der Waals surface area contributed by atoms with Crippen LogP contribution in [0.4, 0.5) is 15.8 Å². The molecule has 0 saturated carbocycles. The lowest BCUT2D eigenvalue weighted by atomic mass is 10.1. The number of nitrogen functional groups attached to an aromatic ring is 1. The maximum Gasteiger partial charge on any atom is 0.167 e. The summed E-state index contributed by atoms with van der Waals surface area (Å²) in [5, 5.41) is 3.26. The topological polar surface area (TPSA) is 60.4 Å². The van der Waals surface area contributed by atoms with Gasteiger partial charge in [0.2, 0.25) is 0 Å². The second-order valence-electron chi connectivity index (χ2n) is 5.37. The van der Waals surface area contributed by atoms with Crippen LogP contribution in [-0.4, -0.2) is 12.1 Å². The molecule has 1 atom stereocenters. The first-order valence-corrected chi connectivity index (χ1v) is 7.00. The average molecular weight is 292 g/mol. The van der Waals surface area contributed by atoms with Crippen molar-refractivity contribution in [1.29, 1.82) is 0 Å². The van der Waals surface area contributed by atoms with Crippen LogP contribution in [0.3, 0.4) is 0 Å². The van der Waals surface area contributed by atoms with E-state index in [9.17, 15) is 4.39 Å². The molecule has 1 aromatic carbocycles. The molecule has 0 aliphatic carbocycles. The Morgan fingerprint density at radius 2 is 2.10 bits per heavy atom. The minimum atomic E-state index is -0.453. The van der Waals surface area contributed by atoms with Gasteiger partial charge in [-0.25, -0.2) is 4.39 Å². The molecule has 2 aromatic rings. The van der Waals surface area contributed by atoms with Crippen LogP contribution in [0.1, 0.15) is 26.5 Å². The Morgan fingerprint density at radius 1 is 1.33 bits per heavy atom. The monoisotopic (exact) mass is 292 g/mol. The van der Waals surface area contributed by atoms with E-state index >= 15 is 0 Å². The predicted molar refractivity (Wildman–Crippen MR) is 82.1 cm³/mol. The number of hydrogen-bond donors (Lipinski definition) is 2. The van der Waals surface area contributed by atoms with Crippen molar-refractivity contribution in [1.82, 2.24) is 0 Å². The molecule has 2 rings (SSSR count). The zero-order valence-corrected chi connectivity index (χ0v) is 12.5. The summed E-state index contributed by atoms with van der Waals surface area (Å²) in [5.41, 5.74) is 6.88. The fraction of sp³-hybridized carbons (Fsp3) is 0.375. The number of benzene rings is 1. The normalized spacial score (nSPS) is 12.4. The first-order chi connectivity index (χ1) is 9.95. The van der Waals surface area contributed by atoms with Gasteiger partial charge in [0.05, 0.1) is 23.7 Å². The number of rotatable bonds is 6. The maximum absolute atomic E-state index is 13.8. The minimum Gasteiger partial charge on any atom is -0.488 e. The van der Waals surface area contributed by atoms with E-state index in [1.165, 1.54) is 6.07 Å². The van der Waals surface area contributed by atoms with Crippen LogP contribution in [0, 0.1) is 5.82 Å². The summed E-state index contributed by atoms with van der Waals surface area (Å²) in [4.78, 5) is 0. The molecule has 0 radical (unpaired) electrons. The van der Waals surface area contributed by atoms with Gasteiger partial charge < -0.3 is 20.2 Å². The highest BCUT2D eigenvalue weighted by Gasteiger charge is 2.13. The third kappa shape index (κ3) is 4.15. The third-order valence-electron chi connectivity index (χ3n) is 2.96. The third-order valence-corrected chi connectivity index (χ3v) is 2.96. The second-order valence-corrected chi connectivity index (χ2v) is 5.37. The fourth-order valence-electron chi connectivity index (χ4n) is 2.09. The van der Waals surface area contributed by atoms with Gasteiger partial charge in [0, 0.05) is 24.6 Å². The van der Waals surface area contributed by atoms with Crippen molar-refractivity contribution in [3.05, 3.63) is 42.1 Å². The van der Waals surface area contributed by atoms with Gasteiger partial charge in [-0.1, -0.05) is 0 Å². The first kappa shape index (κ1) is 15.2. The Hall–Kier alpha value is -2.17. The van der Waals surface area contributed by atoms with E-state index in [1.807, 2.05) is 32.9 Å². The molecule has 0 spiro atoms. The van der Waals surface area contributed by atoms with Crippen LogP contribution in [-0.2, 0) is 6.42 Å². The molecule has 21 heavy (non-hydrogen) atoms. The predicted octanol–water partition coefficient (Wildman–Crippen LogP) is 3.83. The second kappa shape index (κ2) is 6.52. The smallest absolute Gasteiger partial charge is 0.167 e. The molecule has 0 saturated heterocycles. The number of furan rings is 1. The molecule has 0 aliphatic heterocycles. The van der Waals surface area contributed by atoms with Gasteiger partial charge in [-0.05, 0) is 32.9 Å². The van der Waals surface area contributed by atoms with Gasteiger partial charge in [0.25, 0.3) is 0 Å². The van der Waals surface area contributed by atoms with E-state index in [0.717, 1.165) is 5.76 Å². The van der Waals surface area contributed by atoms with Crippen molar-refractivity contribution in [3.8, 4) is 5.75 Å². The fourth-order valence-corrected chi connectivity index (χ4v) is 2.09. The zero-order valence-electron chi connectivity index (χ0n) is 12.5. The van der Waals surface area contributed by atoms with Gasteiger partial charge in [-0.2, -0.15) is 0 Å². The number of nitrogens with one attached hydrogen (secondary N) is 1. The van der Waals surface area contributed by atoms with Crippen LogP contribution in [0.15, 0.2) is 34.9 Å². The maximum atomic E-state index is 13.8. The number of ether oxygens (including phenoxy) is 1. The minimum absolute atomic E-state index is 0.0933. The van der Waals surface area contributed by atoms with Crippen molar-refractivity contribution in [2.24, 2.45) is 0 Å². The molecule has 0 aliphatic rings. The number of anilines is 2. The van der Waals surface area contributed by atoms with E-state index in [4.69, 9.17) is 14.9 Å². The van der Waals surface area contributed by atoms with Crippen LogP contribution in [0.25, 0.3) is 0 Å². The lowest BCUT2D eigenvalue weighted by Gasteiger charge is -2.18. The first-order valence-electron chi connectivity index (χ1n) is 7.00. The van der Waals surface area contributed by atoms with Gasteiger partial charge in [0.1, 0.15) is 5.76 Å². The lowest BCUT2D eigenvalue weighted by molar-refractivity contribution is 0.231. The molecule has 114 valence electrons. The van der Waals surface area contributed by atoms with Gasteiger partial charge in [0.15, 0.2) is 11.6 Å². The van der Waals surface area contributed by atoms with Gasteiger partial charge in [-0.15, -0.1) is 0 Å². The van der Waals surface area contributed by atoms with Crippen molar-refractivity contribution in [3.63, 3.8) is 0 Å². The molecule has 1 aromatic heterocycles. The van der Waals surface area contributed by atoms with Crippen LogP contribution in [0.2, 0.25) is 0 Å². The van der Waals surface area contributed by atoms with E-state index in [1.54, 1.807) is 12.3 Å². The van der Waals surface area contributed by atoms with Gasteiger partial charge >= 0.3 is 0 Å². The quantitative estimate of drug-likeness (QED) is 0.794. The molecule has 0 bridgehead atoms. The highest BCUT2D eigenvalue weighted by molar-refractivity contribution is 5.69. The van der Waals surface area contributed by atoms with E-state index < -0.39 is 5.82 Å². The lowest BCUT2D eigenvalue weighted by Crippen LogP contribution is -2.19. The number of hydrogen-bond acceptors (Lipinski definition) is 4. The van der Waals surface area contributed by atoms with Crippen molar-refractivity contribution >= 4 is 11.4 Å². The zero-order chi connectivity index (χ0) is 15.4. The Morgan fingerprint density at radius 3 is 2.71 bits per heavy atom. The summed E-state index contributed by atoms with van der Waals surface area (Å²) < 4.78 is 24.5. The Bertz CT molecular complexity index is 582. The summed E-state index contributed by atoms with van der Waals surface area (Å²) in [6.45, 7) is 5.71. The van der Waals surface area contributed by atoms with E-state index in [-0.39, 0.29) is 17.9 Å². The van der Waals surface area contributed by atoms with E-state index in [0.29, 0.717) is 17.8 Å².